The molecule has 0 bridgehead atoms. The monoisotopic (exact) mass is 339 g/mol. The highest BCUT2D eigenvalue weighted by molar-refractivity contribution is 6.30. The first-order valence-electron chi connectivity index (χ1n) is 8.05. The minimum Gasteiger partial charge on any atom is -0.392 e. The largest absolute Gasteiger partial charge is 0.392 e. The zero-order chi connectivity index (χ0) is 16.8. The van der Waals surface area contributed by atoms with E-state index < -0.39 is 0 Å². The number of hydrogen-bond acceptors (Lipinski definition) is 4. The molecule has 1 fully saturated rings. The third kappa shape index (κ3) is 6.11. The molecule has 1 aliphatic heterocycles. The predicted octanol–water partition coefficient (Wildman–Crippen LogP) is 1.30. The second-order valence-electron chi connectivity index (χ2n) is 6.31. The lowest BCUT2D eigenvalue weighted by Crippen LogP contribution is -2.50. The van der Waals surface area contributed by atoms with Gasteiger partial charge in [-0.3, -0.25) is 14.6 Å². The van der Waals surface area contributed by atoms with Crippen LogP contribution in [-0.4, -0.2) is 78.1 Å². The minimum atomic E-state index is -0.299. The Morgan fingerprint density at radius 2 is 1.96 bits per heavy atom. The Hall–Kier alpha value is -1.14. The van der Waals surface area contributed by atoms with Crippen molar-refractivity contribution in [3.05, 3.63) is 34.9 Å². The Bertz CT molecular complexity index is 516. The van der Waals surface area contributed by atoms with Gasteiger partial charge in [-0.2, -0.15) is 0 Å². The van der Waals surface area contributed by atoms with Crippen LogP contribution >= 0.6 is 11.6 Å². The van der Waals surface area contributed by atoms with Crippen LogP contribution in [0, 0.1) is 0 Å². The molecule has 1 amide bonds. The Morgan fingerprint density at radius 1 is 1.30 bits per heavy atom. The standard InChI is InChI=1S/C17H26ClN3O2/c1-14(22)11-20-6-8-21(9-7-20)13-17(23)19(2)12-15-4-3-5-16(18)10-15/h3-5,10,14,22H,6-9,11-13H2,1-2H3/t14-/m0/s1. The highest BCUT2D eigenvalue weighted by Gasteiger charge is 2.21. The van der Waals surface area contributed by atoms with Crippen LogP contribution in [0.1, 0.15) is 12.5 Å². The molecule has 0 spiro atoms. The Labute approximate surface area is 143 Å². The van der Waals surface area contributed by atoms with Crippen LogP contribution in [-0.2, 0) is 11.3 Å². The molecular weight excluding hydrogens is 314 g/mol. The number of carbonyl (C=O) groups is 1. The molecule has 1 heterocycles. The summed E-state index contributed by atoms with van der Waals surface area (Å²) < 4.78 is 0. The van der Waals surface area contributed by atoms with Crippen molar-refractivity contribution in [2.75, 3.05) is 46.3 Å². The summed E-state index contributed by atoms with van der Waals surface area (Å²) in [5, 5.41) is 10.1. The second-order valence-corrected chi connectivity index (χ2v) is 6.74. The molecule has 1 aliphatic rings. The summed E-state index contributed by atoms with van der Waals surface area (Å²) in [6.07, 6.45) is -0.299. The van der Waals surface area contributed by atoms with E-state index in [1.807, 2.05) is 31.3 Å². The zero-order valence-electron chi connectivity index (χ0n) is 13.9. The molecule has 1 saturated heterocycles. The van der Waals surface area contributed by atoms with Gasteiger partial charge >= 0.3 is 0 Å². The normalized spacial score (nSPS) is 17.9. The van der Waals surface area contributed by atoms with Crippen molar-refractivity contribution in [1.29, 1.82) is 0 Å². The van der Waals surface area contributed by atoms with Crippen LogP contribution in [0.5, 0.6) is 0 Å². The number of aliphatic hydroxyl groups excluding tert-OH is 1. The van der Waals surface area contributed by atoms with Gasteiger partial charge < -0.3 is 10.0 Å². The quantitative estimate of drug-likeness (QED) is 0.848. The summed E-state index contributed by atoms with van der Waals surface area (Å²) in [5.41, 5.74) is 1.04. The van der Waals surface area contributed by atoms with Gasteiger partial charge in [0.15, 0.2) is 0 Å². The molecule has 6 heteroatoms. The van der Waals surface area contributed by atoms with E-state index in [1.165, 1.54) is 0 Å². The molecule has 23 heavy (non-hydrogen) atoms. The summed E-state index contributed by atoms with van der Waals surface area (Å²) >= 11 is 5.98. The number of nitrogens with zero attached hydrogens (tertiary/aromatic N) is 3. The summed E-state index contributed by atoms with van der Waals surface area (Å²) in [6.45, 7) is 7.05. The van der Waals surface area contributed by atoms with Crippen LogP contribution < -0.4 is 0 Å². The van der Waals surface area contributed by atoms with Gasteiger partial charge in [-0.1, -0.05) is 23.7 Å². The van der Waals surface area contributed by atoms with Gasteiger partial charge in [-0.05, 0) is 24.6 Å². The van der Waals surface area contributed by atoms with Crippen molar-refractivity contribution < 1.29 is 9.90 Å². The van der Waals surface area contributed by atoms with Crippen LogP contribution in [0.2, 0.25) is 5.02 Å². The fraction of sp³-hybridized carbons (Fsp3) is 0.588. The van der Waals surface area contributed by atoms with E-state index in [2.05, 4.69) is 9.80 Å². The number of carbonyl (C=O) groups excluding carboxylic acids is 1. The minimum absolute atomic E-state index is 0.119. The second kappa shape index (κ2) is 8.64. The van der Waals surface area contributed by atoms with Gasteiger partial charge in [0.1, 0.15) is 0 Å². The molecule has 0 unspecified atom stereocenters. The van der Waals surface area contributed by atoms with Crippen molar-refractivity contribution in [3.63, 3.8) is 0 Å². The lowest BCUT2D eigenvalue weighted by molar-refractivity contribution is -0.132. The lowest BCUT2D eigenvalue weighted by Gasteiger charge is -2.35. The molecule has 0 radical (unpaired) electrons. The molecule has 5 nitrogen and oxygen atoms in total. The topological polar surface area (TPSA) is 47.0 Å². The number of amides is 1. The van der Waals surface area contributed by atoms with Gasteiger partial charge in [-0.25, -0.2) is 0 Å². The third-order valence-corrected chi connectivity index (χ3v) is 4.32. The highest BCUT2D eigenvalue weighted by atomic mass is 35.5. The SMILES string of the molecule is C[C@H](O)CN1CCN(CC(=O)N(C)Cc2cccc(Cl)c2)CC1. The van der Waals surface area contributed by atoms with E-state index in [9.17, 15) is 9.90 Å². The summed E-state index contributed by atoms with van der Waals surface area (Å²) in [5.74, 6) is 0.119. The van der Waals surface area contributed by atoms with E-state index in [0.29, 0.717) is 24.7 Å². The number of β-amino-alcohol motifs (C(OH)–C–C–N with tert-alkyl or cyclic N) is 1. The molecule has 0 aliphatic carbocycles. The van der Waals surface area contributed by atoms with E-state index in [1.54, 1.807) is 11.8 Å². The molecule has 128 valence electrons. The van der Waals surface area contributed by atoms with Crippen molar-refractivity contribution in [1.82, 2.24) is 14.7 Å². The molecule has 1 aromatic carbocycles. The Kier molecular flexibility index (Phi) is 6.84. The van der Waals surface area contributed by atoms with Gasteiger partial charge in [0, 0.05) is 51.3 Å². The number of rotatable bonds is 6. The summed E-state index contributed by atoms with van der Waals surface area (Å²) in [4.78, 5) is 18.5. The third-order valence-electron chi connectivity index (χ3n) is 4.08. The highest BCUT2D eigenvalue weighted by Crippen LogP contribution is 2.12. The molecular formula is C17H26ClN3O2. The van der Waals surface area contributed by atoms with Crippen molar-refractivity contribution >= 4 is 17.5 Å². The van der Waals surface area contributed by atoms with Crippen LogP contribution in [0.3, 0.4) is 0 Å². The Morgan fingerprint density at radius 3 is 2.57 bits per heavy atom. The van der Waals surface area contributed by atoms with Crippen molar-refractivity contribution in [2.24, 2.45) is 0 Å². The number of hydrogen-bond donors (Lipinski definition) is 1. The average molecular weight is 340 g/mol. The fourth-order valence-electron chi connectivity index (χ4n) is 2.81. The molecule has 0 aromatic heterocycles. The molecule has 0 saturated carbocycles. The lowest BCUT2D eigenvalue weighted by atomic mass is 10.2. The van der Waals surface area contributed by atoms with Crippen molar-refractivity contribution in [2.45, 2.75) is 19.6 Å². The molecule has 1 N–H and O–H groups in total. The maximum atomic E-state index is 12.4. The average Bonchev–Trinajstić information content (AvgIpc) is 2.48. The maximum absolute atomic E-state index is 12.4. The van der Waals surface area contributed by atoms with Crippen molar-refractivity contribution in [3.8, 4) is 0 Å². The predicted molar refractivity (Wildman–Crippen MR) is 92.5 cm³/mol. The number of piperazine rings is 1. The first-order valence-corrected chi connectivity index (χ1v) is 8.43. The van der Waals surface area contributed by atoms with Crippen LogP contribution in [0.4, 0.5) is 0 Å². The molecule has 1 aromatic rings. The van der Waals surface area contributed by atoms with Gasteiger partial charge in [0.05, 0.1) is 12.6 Å². The zero-order valence-corrected chi connectivity index (χ0v) is 14.7. The summed E-state index contributed by atoms with van der Waals surface area (Å²) in [7, 11) is 1.83. The number of likely N-dealkylation sites (N-methyl/N-ethyl adjacent to an activating group) is 1. The number of aliphatic hydroxyl groups is 1. The van der Waals surface area contributed by atoms with Gasteiger partial charge in [-0.15, -0.1) is 0 Å². The van der Waals surface area contributed by atoms with Gasteiger partial charge in [0.25, 0.3) is 0 Å². The summed E-state index contributed by atoms with van der Waals surface area (Å²) in [6, 6.07) is 7.60. The van der Waals surface area contributed by atoms with Crippen LogP contribution in [0.15, 0.2) is 24.3 Å². The first-order chi connectivity index (χ1) is 10.9. The number of benzene rings is 1. The van der Waals surface area contributed by atoms with E-state index in [4.69, 9.17) is 11.6 Å². The van der Waals surface area contributed by atoms with E-state index in [0.717, 1.165) is 31.7 Å². The molecule has 1 atom stereocenters. The molecule has 2 rings (SSSR count). The van der Waals surface area contributed by atoms with Gasteiger partial charge in [0.2, 0.25) is 5.91 Å². The maximum Gasteiger partial charge on any atom is 0.236 e. The van der Waals surface area contributed by atoms with E-state index >= 15 is 0 Å². The first kappa shape index (κ1) is 18.2. The Balaban J connectivity index is 1.76. The smallest absolute Gasteiger partial charge is 0.236 e. The number of halogens is 1. The van der Waals surface area contributed by atoms with E-state index in [-0.39, 0.29) is 12.0 Å². The fourth-order valence-corrected chi connectivity index (χ4v) is 3.03. The van der Waals surface area contributed by atoms with Crippen LogP contribution in [0.25, 0.3) is 0 Å².